The molecule has 1 unspecified atom stereocenters. The zero-order chi connectivity index (χ0) is 10.1. The van der Waals surface area contributed by atoms with Gasteiger partial charge in [-0.3, -0.25) is 0 Å². The van der Waals surface area contributed by atoms with Crippen LogP contribution >= 0.6 is 11.6 Å². The van der Waals surface area contributed by atoms with E-state index in [-0.39, 0.29) is 5.38 Å². The molecule has 0 N–H and O–H groups in total. The second kappa shape index (κ2) is 3.85. The number of hydrogen-bond acceptors (Lipinski definition) is 0. The van der Waals surface area contributed by atoms with Gasteiger partial charge in [0.2, 0.25) is 0 Å². The average molecular weight is 217 g/mol. The molecule has 1 fully saturated rings. The van der Waals surface area contributed by atoms with Crippen molar-refractivity contribution in [2.24, 2.45) is 5.92 Å². The van der Waals surface area contributed by atoms with Crippen molar-refractivity contribution < 1.29 is 8.78 Å². The van der Waals surface area contributed by atoms with E-state index in [1.807, 2.05) is 0 Å². The third-order valence-electron chi connectivity index (χ3n) is 2.56. The Kier molecular flexibility index (Phi) is 2.73. The SMILES string of the molecule is Fc1ccc(CC(Cl)C2CC2)c(F)c1. The van der Waals surface area contributed by atoms with Crippen LogP contribution in [0.3, 0.4) is 0 Å². The molecule has 1 atom stereocenters. The lowest BCUT2D eigenvalue weighted by Gasteiger charge is -2.08. The molecular weight excluding hydrogens is 206 g/mol. The lowest BCUT2D eigenvalue weighted by atomic mass is 10.1. The van der Waals surface area contributed by atoms with Crippen LogP contribution in [0.4, 0.5) is 8.78 Å². The fourth-order valence-corrected chi connectivity index (χ4v) is 1.94. The topological polar surface area (TPSA) is 0 Å². The first kappa shape index (κ1) is 9.91. The molecule has 2 rings (SSSR count). The molecule has 0 aromatic heterocycles. The van der Waals surface area contributed by atoms with Crippen LogP contribution in [-0.4, -0.2) is 5.38 Å². The molecule has 3 heteroatoms. The monoisotopic (exact) mass is 216 g/mol. The maximum atomic E-state index is 13.2. The van der Waals surface area contributed by atoms with Gasteiger partial charge in [-0.25, -0.2) is 8.78 Å². The molecule has 1 aromatic carbocycles. The summed E-state index contributed by atoms with van der Waals surface area (Å²) in [6.07, 6.45) is 2.77. The van der Waals surface area contributed by atoms with E-state index in [2.05, 4.69) is 0 Å². The van der Waals surface area contributed by atoms with Crippen molar-refractivity contribution in [1.29, 1.82) is 0 Å². The summed E-state index contributed by atoms with van der Waals surface area (Å²) in [6.45, 7) is 0. The summed E-state index contributed by atoms with van der Waals surface area (Å²) < 4.78 is 25.8. The van der Waals surface area contributed by atoms with Crippen molar-refractivity contribution in [2.45, 2.75) is 24.6 Å². The lowest BCUT2D eigenvalue weighted by Crippen LogP contribution is -2.07. The molecule has 1 aliphatic carbocycles. The molecule has 1 aliphatic rings. The second-order valence-electron chi connectivity index (χ2n) is 3.79. The summed E-state index contributed by atoms with van der Waals surface area (Å²) in [5.41, 5.74) is 0.512. The van der Waals surface area contributed by atoms with Crippen LogP contribution in [0.25, 0.3) is 0 Å². The predicted octanol–water partition coefficient (Wildman–Crippen LogP) is 3.52. The zero-order valence-corrected chi connectivity index (χ0v) is 8.40. The molecule has 0 radical (unpaired) electrons. The first-order valence-corrected chi connectivity index (χ1v) is 5.18. The molecule has 1 saturated carbocycles. The van der Waals surface area contributed by atoms with E-state index in [1.165, 1.54) is 12.1 Å². The lowest BCUT2D eigenvalue weighted by molar-refractivity contribution is 0.566. The van der Waals surface area contributed by atoms with Gasteiger partial charge in [-0.2, -0.15) is 0 Å². The first-order chi connectivity index (χ1) is 6.66. The maximum absolute atomic E-state index is 13.2. The molecule has 1 aromatic rings. The molecule has 76 valence electrons. The maximum Gasteiger partial charge on any atom is 0.129 e. The first-order valence-electron chi connectivity index (χ1n) is 4.75. The molecular formula is C11H11ClF2. The van der Waals surface area contributed by atoms with Crippen LogP contribution in [0.15, 0.2) is 18.2 Å². The molecule has 0 heterocycles. The Morgan fingerprint density at radius 1 is 1.36 bits per heavy atom. The highest BCUT2D eigenvalue weighted by Crippen LogP contribution is 2.37. The Bertz CT molecular complexity index is 334. The average Bonchev–Trinajstić information content (AvgIpc) is 2.92. The minimum absolute atomic E-state index is 0.00467. The van der Waals surface area contributed by atoms with Crippen LogP contribution < -0.4 is 0 Å². The van der Waals surface area contributed by atoms with Gasteiger partial charge in [0.25, 0.3) is 0 Å². The highest BCUT2D eigenvalue weighted by Gasteiger charge is 2.30. The third-order valence-corrected chi connectivity index (χ3v) is 3.07. The second-order valence-corrected chi connectivity index (χ2v) is 4.35. The summed E-state index contributed by atoms with van der Waals surface area (Å²) >= 11 is 6.06. The largest absolute Gasteiger partial charge is 0.207 e. The molecule has 0 bridgehead atoms. The Balaban J connectivity index is 2.07. The number of halogens is 3. The predicted molar refractivity (Wildman–Crippen MR) is 52.4 cm³/mol. The summed E-state index contributed by atoms with van der Waals surface area (Å²) in [5.74, 6) is -0.499. The van der Waals surface area contributed by atoms with E-state index >= 15 is 0 Å². The Labute approximate surface area is 86.9 Å². The standard InChI is InChI=1S/C11H11ClF2/c12-10(7-1-2-7)5-8-3-4-9(13)6-11(8)14/h3-4,6-7,10H,1-2,5H2. The van der Waals surface area contributed by atoms with E-state index in [0.29, 0.717) is 17.9 Å². The van der Waals surface area contributed by atoms with Gasteiger partial charge in [0.05, 0.1) is 0 Å². The van der Waals surface area contributed by atoms with Gasteiger partial charge in [-0.05, 0) is 36.8 Å². The minimum Gasteiger partial charge on any atom is -0.207 e. The number of rotatable bonds is 3. The molecule has 0 spiro atoms. The van der Waals surface area contributed by atoms with E-state index in [9.17, 15) is 8.78 Å². The van der Waals surface area contributed by atoms with Crippen LogP contribution in [0.1, 0.15) is 18.4 Å². The van der Waals surface area contributed by atoms with Crippen molar-refractivity contribution in [3.8, 4) is 0 Å². The van der Waals surface area contributed by atoms with Crippen molar-refractivity contribution in [1.82, 2.24) is 0 Å². The minimum atomic E-state index is -0.538. The van der Waals surface area contributed by atoms with Gasteiger partial charge in [0, 0.05) is 11.4 Å². The summed E-state index contributed by atoms with van der Waals surface area (Å²) in [7, 11) is 0. The molecule has 14 heavy (non-hydrogen) atoms. The Hall–Kier alpha value is -0.630. The van der Waals surface area contributed by atoms with Crippen LogP contribution in [0.2, 0.25) is 0 Å². The van der Waals surface area contributed by atoms with Crippen LogP contribution in [-0.2, 0) is 6.42 Å². The van der Waals surface area contributed by atoms with Gasteiger partial charge < -0.3 is 0 Å². The van der Waals surface area contributed by atoms with Crippen molar-refractivity contribution in [3.05, 3.63) is 35.4 Å². The van der Waals surface area contributed by atoms with Gasteiger partial charge >= 0.3 is 0 Å². The van der Waals surface area contributed by atoms with Crippen molar-refractivity contribution in [2.75, 3.05) is 0 Å². The van der Waals surface area contributed by atoms with E-state index in [0.717, 1.165) is 18.9 Å². The molecule has 0 aliphatic heterocycles. The third kappa shape index (κ3) is 2.24. The number of alkyl halides is 1. The van der Waals surface area contributed by atoms with E-state index < -0.39 is 11.6 Å². The highest BCUT2D eigenvalue weighted by molar-refractivity contribution is 6.21. The highest BCUT2D eigenvalue weighted by atomic mass is 35.5. The fourth-order valence-electron chi connectivity index (χ4n) is 1.52. The van der Waals surface area contributed by atoms with Crippen molar-refractivity contribution in [3.63, 3.8) is 0 Å². The summed E-state index contributed by atoms with van der Waals surface area (Å²) in [5, 5.41) is -0.00467. The molecule has 0 saturated heterocycles. The van der Waals surface area contributed by atoms with Gasteiger partial charge in [0.15, 0.2) is 0 Å². The van der Waals surface area contributed by atoms with Crippen molar-refractivity contribution >= 4 is 11.6 Å². The van der Waals surface area contributed by atoms with E-state index in [1.54, 1.807) is 0 Å². The van der Waals surface area contributed by atoms with Gasteiger partial charge in [-0.1, -0.05) is 6.07 Å². The number of benzene rings is 1. The normalized spacial score (nSPS) is 18.2. The smallest absolute Gasteiger partial charge is 0.129 e. The molecule has 0 nitrogen and oxygen atoms in total. The zero-order valence-electron chi connectivity index (χ0n) is 7.64. The number of hydrogen-bond donors (Lipinski definition) is 0. The van der Waals surface area contributed by atoms with Gasteiger partial charge in [0.1, 0.15) is 11.6 Å². The van der Waals surface area contributed by atoms with E-state index in [4.69, 9.17) is 11.6 Å². The Morgan fingerprint density at radius 2 is 2.07 bits per heavy atom. The van der Waals surface area contributed by atoms with Crippen LogP contribution in [0, 0.1) is 17.6 Å². The summed E-state index contributed by atoms with van der Waals surface area (Å²) in [4.78, 5) is 0. The fraction of sp³-hybridized carbons (Fsp3) is 0.455. The van der Waals surface area contributed by atoms with Crippen LogP contribution in [0.5, 0.6) is 0 Å². The quantitative estimate of drug-likeness (QED) is 0.679. The molecule has 0 amide bonds. The summed E-state index contributed by atoms with van der Waals surface area (Å²) in [6, 6.07) is 3.66. The van der Waals surface area contributed by atoms with Gasteiger partial charge in [-0.15, -0.1) is 11.6 Å². The Morgan fingerprint density at radius 3 is 2.64 bits per heavy atom.